The van der Waals surface area contributed by atoms with Gasteiger partial charge in [-0.1, -0.05) is 46.1 Å². The van der Waals surface area contributed by atoms with E-state index in [-0.39, 0.29) is 0 Å². The van der Waals surface area contributed by atoms with Gasteiger partial charge in [-0.2, -0.15) is 5.10 Å². The van der Waals surface area contributed by atoms with E-state index in [1.807, 2.05) is 6.92 Å². The molecular formula is C24H19BrCl2N2O4. The molecule has 3 aromatic rings. The number of esters is 1. The molecule has 33 heavy (non-hydrogen) atoms. The lowest BCUT2D eigenvalue weighted by atomic mass is 10.2. The first kappa shape index (κ1) is 24.8. The first-order valence-electron chi connectivity index (χ1n) is 9.88. The van der Waals surface area contributed by atoms with E-state index in [2.05, 4.69) is 26.5 Å². The second-order valence-corrected chi connectivity index (χ2v) is 8.55. The largest absolute Gasteiger partial charge is 0.479 e. The molecule has 170 valence electrons. The molecule has 0 aliphatic heterocycles. The van der Waals surface area contributed by atoms with Crippen molar-refractivity contribution in [3.05, 3.63) is 92.4 Å². The van der Waals surface area contributed by atoms with Crippen molar-refractivity contribution in [3.63, 3.8) is 0 Å². The second kappa shape index (κ2) is 11.8. The van der Waals surface area contributed by atoms with Gasteiger partial charge in [0.2, 0.25) is 0 Å². The third-order valence-corrected chi connectivity index (χ3v) is 5.44. The molecule has 0 heterocycles. The van der Waals surface area contributed by atoms with Crippen LogP contribution in [0, 0.1) is 0 Å². The number of rotatable bonds is 8. The van der Waals surface area contributed by atoms with Gasteiger partial charge >= 0.3 is 5.97 Å². The molecule has 0 aliphatic carbocycles. The fourth-order valence-corrected chi connectivity index (χ4v) is 3.38. The molecule has 1 atom stereocenters. The van der Waals surface area contributed by atoms with Crippen LogP contribution in [0.2, 0.25) is 10.0 Å². The molecule has 0 spiro atoms. The molecule has 6 nitrogen and oxygen atoms in total. The normalized spacial score (nSPS) is 11.8. The molecule has 3 rings (SSSR count). The van der Waals surface area contributed by atoms with Gasteiger partial charge in [0, 0.05) is 9.50 Å². The minimum Gasteiger partial charge on any atom is -0.479 e. The Bertz CT molecular complexity index is 1150. The highest BCUT2D eigenvalue weighted by Gasteiger charge is 2.19. The number of benzene rings is 3. The highest BCUT2D eigenvalue weighted by atomic mass is 79.9. The number of nitrogens with one attached hydrogen (secondary N) is 1. The van der Waals surface area contributed by atoms with Gasteiger partial charge in [0.15, 0.2) is 6.10 Å². The van der Waals surface area contributed by atoms with Gasteiger partial charge in [-0.05, 0) is 78.7 Å². The molecule has 0 radical (unpaired) electrons. The van der Waals surface area contributed by atoms with Crippen LogP contribution in [0.4, 0.5) is 0 Å². The van der Waals surface area contributed by atoms with Crippen molar-refractivity contribution >= 4 is 57.2 Å². The lowest BCUT2D eigenvalue weighted by Crippen LogP contribution is -2.35. The lowest BCUT2D eigenvalue weighted by molar-refractivity contribution is -0.128. The van der Waals surface area contributed by atoms with Crippen LogP contribution in [0.3, 0.4) is 0 Å². The lowest BCUT2D eigenvalue weighted by Gasteiger charge is -2.16. The number of carbonyl (C=O) groups excluding carboxylic acids is 2. The van der Waals surface area contributed by atoms with Crippen LogP contribution in [-0.4, -0.2) is 24.2 Å². The van der Waals surface area contributed by atoms with Crippen LogP contribution in [0.5, 0.6) is 11.5 Å². The average molecular weight is 550 g/mol. The quantitative estimate of drug-likeness (QED) is 0.155. The van der Waals surface area contributed by atoms with E-state index in [1.165, 1.54) is 6.21 Å². The number of nitrogens with zero attached hydrogens (tertiary/aromatic N) is 1. The summed E-state index contributed by atoms with van der Waals surface area (Å²) in [7, 11) is 0. The summed E-state index contributed by atoms with van der Waals surface area (Å²) < 4.78 is 11.9. The summed E-state index contributed by atoms with van der Waals surface area (Å²) in [5, 5.41) is 4.76. The Labute approximate surface area is 209 Å². The van der Waals surface area contributed by atoms with Crippen LogP contribution in [0.25, 0.3) is 0 Å². The van der Waals surface area contributed by atoms with Crippen molar-refractivity contribution in [2.75, 3.05) is 0 Å². The molecule has 0 aliphatic rings. The Morgan fingerprint density at radius 2 is 1.76 bits per heavy atom. The predicted octanol–water partition coefficient (Wildman–Crippen LogP) is 6.28. The van der Waals surface area contributed by atoms with Crippen LogP contribution >= 0.6 is 39.1 Å². The minimum atomic E-state index is -0.777. The zero-order valence-electron chi connectivity index (χ0n) is 17.4. The molecule has 0 fully saturated rings. The molecular weight excluding hydrogens is 531 g/mol. The van der Waals surface area contributed by atoms with Crippen molar-refractivity contribution in [2.24, 2.45) is 5.10 Å². The number of halogens is 3. The average Bonchev–Trinajstić information content (AvgIpc) is 2.80. The predicted molar refractivity (Wildman–Crippen MR) is 132 cm³/mol. The third kappa shape index (κ3) is 7.32. The molecule has 0 aromatic heterocycles. The number of hydrogen-bond acceptors (Lipinski definition) is 5. The monoisotopic (exact) mass is 548 g/mol. The van der Waals surface area contributed by atoms with Gasteiger partial charge in [-0.3, -0.25) is 4.79 Å². The summed E-state index contributed by atoms with van der Waals surface area (Å²) in [5.41, 5.74) is 3.60. The number of carbonyl (C=O) groups is 2. The summed E-state index contributed by atoms with van der Waals surface area (Å²) in [6.45, 7) is 1.81. The molecule has 3 aromatic carbocycles. The van der Waals surface area contributed by atoms with Gasteiger partial charge in [0.1, 0.15) is 11.5 Å². The van der Waals surface area contributed by atoms with Crippen LogP contribution in [0.15, 0.2) is 76.3 Å². The Balaban J connectivity index is 1.54. The van der Waals surface area contributed by atoms with Gasteiger partial charge in [0.05, 0.1) is 16.8 Å². The van der Waals surface area contributed by atoms with E-state index in [0.717, 1.165) is 4.47 Å². The fourth-order valence-electron chi connectivity index (χ4n) is 2.66. The van der Waals surface area contributed by atoms with Crippen molar-refractivity contribution in [1.29, 1.82) is 0 Å². The maximum atomic E-state index is 12.4. The third-order valence-electron chi connectivity index (χ3n) is 4.39. The zero-order chi connectivity index (χ0) is 23.8. The fraction of sp³-hybridized carbons (Fsp3) is 0.125. The van der Waals surface area contributed by atoms with Crippen LogP contribution < -0.4 is 14.9 Å². The Morgan fingerprint density at radius 3 is 2.39 bits per heavy atom. The van der Waals surface area contributed by atoms with Crippen LogP contribution in [0.1, 0.15) is 29.3 Å². The number of amides is 1. The molecule has 0 unspecified atom stereocenters. The van der Waals surface area contributed by atoms with Gasteiger partial charge in [-0.15, -0.1) is 0 Å². The topological polar surface area (TPSA) is 77.0 Å². The van der Waals surface area contributed by atoms with E-state index in [0.29, 0.717) is 39.1 Å². The van der Waals surface area contributed by atoms with Crippen LogP contribution in [-0.2, 0) is 4.79 Å². The standard InChI is InChI=1S/C24H19BrCl2N2O4/c1-2-21(33-22-12-9-18(26)13-20(22)27)23(30)29-28-14-15-3-10-19(11-4-15)32-24(31)16-5-7-17(25)8-6-16/h3-14,21H,2H2,1H3,(H,29,30)/b28-14-/t21-/m1/s1. The van der Waals surface area contributed by atoms with E-state index in [4.69, 9.17) is 32.7 Å². The SMILES string of the molecule is CC[C@@H](Oc1ccc(Cl)cc1Cl)C(=O)N/N=C\c1ccc(OC(=O)c2ccc(Br)cc2)cc1. The minimum absolute atomic E-state index is 0.318. The summed E-state index contributed by atoms with van der Waals surface area (Å²) >= 11 is 15.3. The maximum absolute atomic E-state index is 12.4. The Morgan fingerprint density at radius 1 is 1.06 bits per heavy atom. The highest BCUT2D eigenvalue weighted by molar-refractivity contribution is 9.10. The molecule has 0 saturated heterocycles. The van der Waals surface area contributed by atoms with Gasteiger partial charge in [-0.25, -0.2) is 10.2 Å². The Hall–Kier alpha value is -2.87. The Kier molecular flexibility index (Phi) is 8.88. The van der Waals surface area contributed by atoms with Gasteiger partial charge < -0.3 is 9.47 Å². The van der Waals surface area contributed by atoms with Crippen molar-refractivity contribution in [3.8, 4) is 11.5 Å². The van der Waals surface area contributed by atoms with E-state index < -0.39 is 18.0 Å². The molecule has 1 N–H and O–H groups in total. The first-order valence-corrected chi connectivity index (χ1v) is 11.4. The van der Waals surface area contributed by atoms with E-state index >= 15 is 0 Å². The zero-order valence-corrected chi connectivity index (χ0v) is 20.5. The molecule has 9 heteroatoms. The second-order valence-electron chi connectivity index (χ2n) is 6.79. The van der Waals surface area contributed by atoms with E-state index in [9.17, 15) is 9.59 Å². The number of hydrazone groups is 1. The highest BCUT2D eigenvalue weighted by Crippen LogP contribution is 2.28. The summed E-state index contributed by atoms with van der Waals surface area (Å²) in [4.78, 5) is 24.6. The number of ether oxygens (including phenoxy) is 2. The summed E-state index contributed by atoms with van der Waals surface area (Å²) in [6.07, 6.45) is 1.11. The van der Waals surface area contributed by atoms with E-state index in [1.54, 1.807) is 66.7 Å². The van der Waals surface area contributed by atoms with Gasteiger partial charge in [0.25, 0.3) is 5.91 Å². The van der Waals surface area contributed by atoms with Crippen molar-refractivity contribution in [1.82, 2.24) is 5.43 Å². The number of hydrogen-bond donors (Lipinski definition) is 1. The summed E-state index contributed by atoms with van der Waals surface area (Å²) in [5.74, 6) is -0.119. The molecule has 0 bridgehead atoms. The van der Waals surface area contributed by atoms with Crippen molar-refractivity contribution < 1.29 is 19.1 Å². The maximum Gasteiger partial charge on any atom is 0.343 e. The smallest absolute Gasteiger partial charge is 0.343 e. The molecule has 0 saturated carbocycles. The first-order chi connectivity index (χ1) is 15.9. The van der Waals surface area contributed by atoms with Crippen molar-refractivity contribution in [2.45, 2.75) is 19.4 Å². The summed E-state index contributed by atoms with van der Waals surface area (Å²) in [6, 6.07) is 18.4. The molecule has 1 amide bonds.